The van der Waals surface area contributed by atoms with Gasteiger partial charge < -0.3 is 4.57 Å². The van der Waals surface area contributed by atoms with Crippen molar-refractivity contribution in [1.82, 2.24) is 4.57 Å². The molecule has 0 saturated carbocycles. The van der Waals surface area contributed by atoms with Crippen LogP contribution in [0.2, 0.25) is 0 Å². The molecule has 22 heavy (non-hydrogen) atoms. The maximum Gasteiger partial charge on any atom is 0.0537 e. The largest absolute Gasteiger partial charge is 0.313 e. The van der Waals surface area contributed by atoms with E-state index in [0.29, 0.717) is 0 Å². The van der Waals surface area contributed by atoms with Gasteiger partial charge >= 0.3 is 0 Å². The van der Waals surface area contributed by atoms with E-state index in [9.17, 15) is 0 Å². The molecule has 0 spiro atoms. The summed E-state index contributed by atoms with van der Waals surface area (Å²) in [6.07, 6.45) is 5.69. The van der Waals surface area contributed by atoms with Crippen molar-refractivity contribution >= 4 is 16.6 Å². The van der Waals surface area contributed by atoms with Gasteiger partial charge in [0.1, 0.15) is 0 Å². The number of benzene rings is 2. The van der Waals surface area contributed by atoms with Gasteiger partial charge in [-0.3, -0.25) is 0 Å². The van der Waals surface area contributed by atoms with Crippen molar-refractivity contribution in [3.05, 3.63) is 66.7 Å². The van der Waals surface area contributed by atoms with E-state index in [4.69, 9.17) is 0 Å². The molecule has 0 fully saturated rings. The Labute approximate surface area is 132 Å². The molecule has 1 aromatic heterocycles. The van der Waals surface area contributed by atoms with Gasteiger partial charge in [0.15, 0.2) is 0 Å². The zero-order valence-electron chi connectivity index (χ0n) is 13.4. The van der Waals surface area contributed by atoms with Crippen LogP contribution in [0.4, 0.5) is 0 Å². The van der Waals surface area contributed by atoms with Crippen molar-refractivity contribution in [3.63, 3.8) is 0 Å². The van der Waals surface area contributed by atoms with Crippen LogP contribution in [0.15, 0.2) is 66.7 Å². The molecule has 1 heterocycles. The van der Waals surface area contributed by atoms with E-state index >= 15 is 0 Å². The predicted molar refractivity (Wildman–Crippen MR) is 96.8 cm³/mol. The number of hydrogen-bond donors (Lipinski definition) is 0. The summed E-state index contributed by atoms with van der Waals surface area (Å²) >= 11 is 0. The summed E-state index contributed by atoms with van der Waals surface area (Å²) < 4.78 is 2.44. The minimum absolute atomic E-state index is 1.07. The number of rotatable bonds is 5. The van der Waals surface area contributed by atoms with Crippen molar-refractivity contribution < 1.29 is 0 Å². The zero-order chi connectivity index (χ0) is 15.4. The zero-order valence-corrected chi connectivity index (χ0v) is 13.4. The summed E-state index contributed by atoms with van der Waals surface area (Å²) in [6, 6.07) is 21.7. The number of fused-ring (bicyclic) bond motifs is 1. The smallest absolute Gasteiger partial charge is 0.0537 e. The first kappa shape index (κ1) is 14.6. The Bertz CT molecular complexity index is 778. The van der Waals surface area contributed by atoms with E-state index in [1.165, 1.54) is 27.9 Å². The van der Waals surface area contributed by atoms with Crippen LogP contribution in [0, 0.1) is 0 Å². The average Bonchev–Trinajstić information content (AvgIpc) is 2.95. The second-order valence-electron chi connectivity index (χ2n) is 5.64. The molecule has 0 aliphatic heterocycles. The summed E-state index contributed by atoms with van der Waals surface area (Å²) in [5.41, 5.74) is 5.27. The lowest BCUT2D eigenvalue weighted by Gasteiger charge is -2.15. The van der Waals surface area contributed by atoms with Crippen LogP contribution < -0.4 is 0 Å². The Morgan fingerprint density at radius 1 is 0.955 bits per heavy atom. The van der Waals surface area contributed by atoms with Crippen molar-refractivity contribution in [2.24, 2.45) is 0 Å². The van der Waals surface area contributed by atoms with Crippen molar-refractivity contribution in [3.8, 4) is 11.3 Å². The van der Waals surface area contributed by atoms with E-state index < -0.39 is 0 Å². The fourth-order valence-electron chi connectivity index (χ4n) is 3.08. The Morgan fingerprint density at radius 2 is 1.68 bits per heavy atom. The minimum atomic E-state index is 1.07. The predicted octanol–water partition coefficient (Wildman–Crippen LogP) is 6.36. The lowest BCUT2D eigenvalue weighted by atomic mass is 10.1. The first-order valence-electron chi connectivity index (χ1n) is 8.20. The second kappa shape index (κ2) is 6.65. The summed E-state index contributed by atoms with van der Waals surface area (Å²) in [5.74, 6) is 0. The highest BCUT2D eigenvalue weighted by atomic mass is 15.0. The van der Waals surface area contributed by atoms with E-state index in [-0.39, 0.29) is 0 Å². The molecule has 0 bridgehead atoms. The molecule has 0 aliphatic rings. The fraction of sp³-hybridized carbons (Fsp3) is 0.238. The molecule has 0 saturated heterocycles. The Kier molecular flexibility index (Phi) is 4.43. The average molecular weight is 289 g/mol. The van der Waals surface area contributed by atoms with Gasteiger partial charge in [0.25, 0.3) is 0 Å². The van der Waals surface area contributed by atoms with Crippen LogP contribution in [0.5, 0.6) is 0 Å². The van der Waals surface area contributed by atoms with Crippen LogP contribution >= 0.6 is 0 Å². The van der Waals surface area contributed by atoms with Crippen LogP contribution in [-0.2, 0) is 0 Å². The third kappa shape index (κ3) is 2.71. The summed E-state index contributed by atoms with van der Waals surface area (Å²) in [5, 5.41) is 1.31. The third-order valence-corrected chi connectivity index (χ3v) is 4.01. The number of hydrogen-bond acceptors (Lipinski definition) is 0. The quantitative estimate of drug-likeness (QED) is 0.515. The first-order valence-corrected chi connectivity index (χ1v) is 8.20. The second-order valence-corrected chi connectivity index (χ2v) is 5.64. The lowest BCUT2D eigenvalue weighted by Crippen LogP contribution is -1.99. The Morgan fingerprint density at radius 3 is 2.41 bits per heavy atom. The molecule has 0 N–H and O–H groups in total. The molecule has 1 nitrogen and oxygen atoms in total. The van der Waals surface area contributed by atoms with E-state index in [1.54, 1.807) is 0 Å². The highest BCUT2D eigenvalue weighted by molar-refractivity contribution is 5.90. The summed E-state index contributed by atoms with van der Waals surface area (Å²) in [4.78, 5) is 0. The van der Waals surface area contributed by atoms with Gasteiger partial charge in [-0.25, -0.2) is 0 Å². The van der Waals surface area contributed by atoms with Gasteiger partial charge in [0, 0.05) is 11.1 Å². The van der Waals surface area contributed by atoms with Gasteiger partial charge in [0.05, 0.1) is 11.2 Å². The molecule has 0 aliphatic carbocycles. The molecule has 3 rings (SSSR count). The first-order chi connectivity index (χ1) is 10.8. The monoisotopic (exact) mass is 289 g/mol. The van der Waals surface area contributed by atoms with Gasteiger partial charge in [-0.15, -0.1) is 0 Å². The van der Waals surface area contributed by atoms with Gasteiger partial charge in [0.2, 0.25) is 0 Å². The Balaban J connectivity index is 2.28. The van der Waals surface area contributed by atoms with E-state index in [0.717, 1.165) is 19.3 Å². The molecular weight excluding hydrogens is 266 g/mol. The molecule has 3 aromatic rings. The topological polar surface area (TPSA) is 4.93 Å². The van der Waals surface area contributed by atoms with Gasteiger partial charge in [-0.2, -0.15) is 0 Å². The highest BCUT2D eigenvalue weighted by Gasteiger charge is 2.13. The van der Waals surface area contributed by atoms with Gasteiger partial charge in [-0.1, -0.05) is 74.9 Å². The van der Waals surface area contributed by atoms with E-state index in [2.05, 4.69) is 85.2 Å². The molecule has 2 aromatic carbocycles. The number of allylic oxidation sites excluding steroid dienone is 2. The molecule has 0 radical (unpaired) electrons. The van der Waals surface area contributed by atoms with Crippen molar-refractivity contribution in [1.29, 1.82) is 0 Å². The number of nitrogens with zero attached hydrogens (tertiary/aromatic N) is 1. The molecule has 0 atom stereocenters. The third-order valence-electron chi connectivity index (χ3n) is 4.01. The minimum Gasteiger partial charge on any atom is -0.313 e. The summed E-state index contributed by atoms with van der Waals surface area (Å²) in [7, 11) is 0. The number of aromatic nitrogens is 1. The molecule has 0 amide bonds. The van der Waals surface area contributed by atoms with Crippen LogP contribution in [0.1, 0.15) is 33.1 Å². The lowest BCUT2D eigenvalue weighted by molar-refractivity contribution is 0.911. The van der Waals surface area contributed by atoms with Crippen molar-refractivity contribution in [2.45, 2.75) is 33.1 Å². The van der Waals surface area contributed by atoms with E-state index in [1.807, 2.05) is 0 Å². The maximum absolute atomic E-state index is 2.44. The molecule has 112 valence electrons. The van der Waals surface area contributed by atoms with Crippen LogP contribution in [-0.4, -0.2) is 4.57 Å². The van der Waals surface area contributed by atoms with Crippen LogP contribution in [0.3, 0.4) is 0 Å². The normalized spacial score (nSPS) is 12.0. The van der Waals surface area contributed by atoms with Gasteiger partial charge in [-0.05, 0) is 30.5 Å². The molecular formula is C21H23N. The molecule has 0 unspecified atom stereocenters. The standard InChI is InChI=1S/C21H23N/c1-3-10-19(11-4-2)22-20-15-9-8-14-18(20)16-21(22)17-12-6-5-7-13-17/h5-10,12-16H,3-4,11H2,1-2H3/b19-10+. The number of para-hydroxylation sites is 1. The SMILES string of the molecule is CC/C=C(\CCC)n1c(-c2ccccc2)cc2ccccc21. The van der Waals surface area contributed by atoms with Crippen molar-refractivity contribution in [2.75, 3.05) is 0 Å². The Hall–Kier alpha value is -2.28. The molecule has 1 heteroatoms. The summed E-state index contributed by atoms with van der Waals surface area (Å²) in [6.45, 7) is 4.46. The van der Waals surface area contributed by atoms with Crippen LogP contribution in [0.25, 0.3) is 27.9 Å². The maximum atomic E-state index is 2.44. The fourth-order valence-corrected chi connectivity index (χ4v) is 3.08. The highest BCUT2D eigenvalue weighted by Crippen LogP contribution is 2.32.